The van der Waals surface area contributed by atoms with Crippen molar-refractivity contribution in [2.75, 3.05) is 6.61 Å². The van der Waals surface area contributed by atoms with Crippen LogP contribution in [0.5, 0.6) is 0 Å². The SMILES string of the molecule is Cc1nc2ccccc2nc1C(=O)OCC(C)C. The third-order valence-electron chi connectivity index (χ3n) is 2.49. The van der Waals surface area contributed by atoms with E-state index in [9.17, 15) is 4.79 Å². The van der Waals surface area contributed by atoms with E-state index in [-0.39, 0.29) is 0 Å². The van der Waals surface area contributed by atoms with E-state index in [4.69, 9.17) is 4.74 Å². The molecule has 94 valence electrons. The highest BCUT2D eigenvalue weighted by Gasteiger charge is 2.15. The van der Waals surface area contributed by atoms with Gasteiger partial charge in [0.25, 0.3) is 0 Å². The van der Waals surface area contributed by atoms with Gasteiger partial charge in [-0.2, -0.15) is 0 Å². The number of ether oxygens (including phenoxy) is 1. The number of esters is 1. The first kappa shape index (κ1) is 12.5. The Balaban J connectivity index is 2.32. The van der Waals surface area contributed by atoms with Crippen molar-refractivity contribution >= 4 is 17.0 Å². The Hall–Kier alpha value is -1.97. The number of rotatable bonds is 3. The first-order valence-corrected chi connectivity index (χ1v) is 5.98. The molecule has 0 radical (unpaired) electrons. The molecule has 1 aromatic carbocycles. The van der Waals surface area contributed by atoms with Crippen LogP contribution >= 0.6 is 0 Å². The standard InChI is InChI=1S/C14H16N2O2/c1-9(2)8-18-14(17)13-10(3)15-11-6-4-5-7-12(11)16-13/h4-7,9H,8H2,1-3H3. The van der Waals surface area contributed by atoms with Gasteiger partial charge in [0.05, 0.1) is 23.3 Å². The lowest BCUT2D eigenvalue weighted by molar-refractivity contribution is 0.0451. The number of hydrogen-bond acceptors (Lipinski definition) is 4. The molecule has 0 unspecified atom stereocenters. The molecule has 0 spiro atoms. The molecule has 0 saturated carbocycles. The molecule has 1 heterocycles. The predicted octanol–water partition coefficient (Wildman–Crippen LogP) is 2.75. The number of aryl methyl sites for hydroxylation is 1. The number of hydrogen-bond donors (Lipinski definition) is 0. The highest BCUT2D eigenvalue weighted by atomic mass is 16.5. The molecular formula is C14H16N2O2. The van der Waals surface area contributed by atoms with Gasteiger partial charge in [-0.3, -0.25) is 0 Å². The Labute approximate surface area is 106 Å². The monoisotopic (exact) mass is 244 g/mol. The van der Waals surface area contributed by atoms with Crippen molar-refractivity contribution in [3.63, 3.8) is 0 Å². The summed E-state index contributed by atoms with van der Waals surface area (Å²) >= 11 is 0. The lowest BCUT2D eigenvalue weighted by Crippen LogP contribution is -2.14. The van der Waals surface area contributed by atoms with Crippen LogP contribution in [0.4, 0.5) is 0 Å². The third kappa shape index (κ3) is 2.64. The Morgan fingerprint density at radius 2 is 1.83 bits per heavy atom. The second kappa shape index (κ2) is 5.12. The van der Waals surface area contributed by atoms with Crippen molar-refractivity contribution in [2.45, 2.75) is 20.8 Å². The fourth-order valence-corrected chi connectivity index (χ4v) is 1.59. The van der Waals surface area contributed by atoms with E-state index in [0.717, 1.165) is 5.52 Å². The molecule has 1 aromatic heterocycles. The van der Waals surface area contributed by atoms with Gasteiger partial charge >= 0.3 is 5.97 Å². The molecule has 0 atom stereocenters. The zero-order chi connectivity index (χ0) is 13.1. The Bertz CT molecular complexity index is 579. The first-order valence-electron chi connectivity index (χ1n) is 5.98. The Morgan fingerprint density at radius 3 is 2.44 bits per heavy atom. The summed E-state index contributed by atoms with van der Waals surface area (Å²) in [6.45, 7) is 6.15. The maximum Gasteiger partial charge on any atom is 0.358 e. The summed E-state index contributed by atoms with van der Waals surface area (Å²) in [7, 11) is 0. The Kier molecular flexibility index (Phi) is 3.55. The number of aromatic nitrogens is 2. The van der Waals surface area contributed by atoms with Gasteiger partial charge in [-0.05, 0) is 25.0 Å². The molecule has 0 aliphatic heterocycles. The molecule has 4 nitrogen and oxygen atoms in total. The number of benzene rings is 1. The van der Waals surface area contributed by atoms with Crippen LogP contribution < -0.4 is 0 Å². The van der Waals surface area contributed by atoms with Crippen LogP contribution in [0.1, 0.15) is 30.0 Å². The summed E-state index contributed by atoms with van der Waals surface area (Å²) in [4.78, 5) is 20.6. The van der Waals surface area contributed by atoms with Crippen LogP contribution in [0.2, 0.25) is 0 Å². The summed E-state index contributed by atoms with van der Waals surface area (Å²) < 4.78 is 5.18. The molecule has 2 aromatic rings. The zero-order valence-corrected chi connectivity index (χ0v) is 10.8. The van der Waals surface area contributed by atoms with Gasteiger partial charge in [0.2, 0.25) is 0 Å². The molecule has 0 aliphatic rings. The van der Waals surface area contributed by atoms with E-state index in [1.54, 1.807) is 6.92 Å². The Morgan fingerprint density at radius 1 is 1.22 bits per heavy atom. The van der Waals surface area contributed by atoms with E-state index in [1.165, 1.54) is 0 Å². The van der Waals surface area contributed by atoms with Gasteiger partial charge in [-0.1, -0.05) is 26.0 Å². The van der Waals surface area contributed by atoms with Crippen LogP contribution in [0.3, 0.4) is 0 Å². The second-order valence-corrected chi connectivity index (χ2v) is 4.64. The summed E-state index contributed by atoms with van der Waals surface area (Å²) in [5.74, 6) is -0.0953. The number of para-hydroxylation sites is 2. The molecule has 0 saturated heterocycles. The molecule has 0 aliphatic carbocycles. The van der Waals surface area contributed by atoms with Gasteiger partial charge in [0.1, 0.15) is 0 Å². The highest BCUT2D eigenvalue weighted by molar-refractivity contribution is 5.90. The minimum absolute atomic E-state index is 0.300. The van der Waals surface area contributed by atoms with Gasteiger partial charge in [-0.15, -0.1) is 0 Å². The summed E-state index contributed by atoms with van der Waals surface area (Å²) in [5.41, 5.74) is 2.40. The minimum atomic E-state index is -0.403. The average molecular weight is 244 g/mol. The second-order valence-electron chi connectivity index (χ2n) is 4.64. The van der Waals surface area contributed by atoms with Crippen LogP contribution in [-0.4, -0.2) is 22.5 Å². The largest absolute Gasteiger partial charge is 0.461 e. The van der Waals surface area contributed by atoms with E-state index in [0.29, 0.717) is 29.4 Å². The minimum Gasteiger partial charge on any atom is -0.461 e. The smallest absolute Gasteiger partial charge is 0.358 e. The summed E-state index contributed by atoms with van der Waals surface area (Å²) in [6, 6.07) is 7.47. The van der Waals surface area contributed by atoms with Crippen molar-refractivity contribution in [3.05, 3.63) is 35.7 Å². The summed E-state index contributed by atoms with van der Waals surface area (Å²) in [6.07, 6.45) is 0. The maximum atomic E-state index is 11.9. The number of carbonyl (C=O) groups is 1. The zero-order valence-electron chi connectivity index (χ0n) is 10.8. The number of nitrogens with zero attached hydrogens (tertiary/aromatic N) is 2. The topological polar surface area (TPSA) is 52.1 Å². The van der Waals surface area contributed by atoms with Crippen molar-refractivity contribution in [1.82, 2.24) is 9.97 Å². The molecule has 0 N–H and O–H groups in total. The van der Waals surface area contributed by atoms with Gasteiger partial charge < -0.3 is 4.74 Å². The summed E-state index contributed by atoms with van der Waals surface area (Å²) in [5, 5.41) is 0. The molecule has 2 rings (SSSR count). The lowest BCUT2D eigenvalue weighted by Gasteiger charge is -2.08. The van der Waals surface area contributed by atoms with Crippen molar-refractivity contribution < 1.29 is 9.53 Å². The first-order chi connectivity index (χ1) is 8.58. The molecule has 4 heteroatoms. The molecular weight excluding hydrogens is 228 g/mol. The predicted molar refractivity (Wildman–Crippen MR) is 69.4 cm³/mol. The van der Waals surface area contributed by atoms with E-state index in [2.05, 4.69) is 9.97 Å². The van der Waals surface area contributed by atoms with Crippen LogP contribution in [0.15, 0.2) is 24.3 Å². The van der Waals surface area contributed by atoms with Crippen LogP contribution in [0, 0.1) is 12.8 Å². The number of fused-ring (bicyclic) bond motifs is 1. The normalized spacial score (nSPS) is 10.9. The van der Waals surface area contributed by atoms with Crippen molar-refractivity contribution in [2.24, 2.45) is 5.92 Å². The highest BCUT2D eigenvalue weighted by Crippen LogP contribution is 2.13. The average Bonchev–Trinajstić information content (AvgIpc) is 2.35. The van der Waals surface area contributed by atoms with Crippen molar-refractivity contribution in [3.8, 4) is 0 Å². The van der Waals surface area contributed by atoms with Gasteiger partial charge in [0, 0.05) is 0 Å². The lowest BCUT2D eigenvalue weighted by atomic mass is 10.2. The quantitative estimate of drug-likeness (QED) is 0.779. The molecule has 0 amide bonds. The van der Waals surface area contributed by atoms with E-state index < -0.39 is 5.97 Å². The maximum absolute atomic E-state index is 11.9. The third-order valence-corrected chi connectivity index (χ3v) is 2.49. The van der Waals surface area contributed by atoms with Crippen LogP contribution in [0.25, 0.3) is 11.0 Å². The van der Waals surface area contributed by atoms with E-state index >= 15 is 0 Å². The molecule has 0 fully saturated rings. The van der Waals surface area contributed by atoms with Crippen LogP contribution in [-0.2, 0) is 4.74 Å². The molecule has 18 heavy (non-hydrogen) atoms. The van der Waals surface area contributed by atoms with Crippen molar-refractivity contribution in [1.29, 1.82) is 0 Å². The molecule has 0 bridgehead atoms. The fourth-order valence-electron chi connectivity index (χ4n) is 1.59. The van der Waals surface area contributed by atoms with E-state index in [1.807, 2.05) is 38.1 Å². The van der Waals surface area contributed by atoms with Gasteiger partial charge in [0.15, 0.2) is 5.69 Å². The number of carbonyl (C=O) groups excluding carboxylic acids is 1. The fraction of sp³-hybridized carbons (Fsp3) is 0.357. The van der Waals surface area contributed by atoms with Gasteiger partial charge in [-0.25, -0.2) is 14.8 Å².